The third-order valence-corrected chi connectivity index (χ3v) is 4.72. The summed E-state index contributed by atoms with van der Waals surface area (Å²) < 4.78 is 21.0. The second kappa shape index (κ2) is 9.17. The van der Waals surface area contributed by atoms with Gasteiger partial charge in [0.15, 0.2) is 0 Å². The number of rotatable bonds is 8. The number of halogens is 1. The van der Waals surface area contributed by atoms with Crippen molar-refractivity contribution in [3.63, 3.8) is 0 Å². The number of carboxylic acids is 1. The predicted octanol–water partition coefficient (Wildman–Crippen LogP) is 4.26. The van der Waals surface area contributed by atoms with Crippen LogP contribution in [0, 0.1) is 5.82 Å². The van der Waals surface area contributed by atoms with E-state index in [0.717, 1.165) is 5.56 Å². The molecule has 0 aliphatic rings. The van der Waals surface area contributed by atoms with Gasteiger partial charge in [-0.25, -0.2) is 14.4 Å². The highest BCUT2D eigenvalue weighted by atomic mass is 19.1. The van der Waals surface area contributed by atoms with Gasteiger partial charge in [-0.2, -0.15) is 4.98 Å². The van der Waals surface area contributed by atoms with Crippen molar-refractivity contribution in [2.75, 3.05) is 0 Å². The molecule has 2 aromatic heterocycles. The lowest BCUT2D eigenvalue weighted by atomic mass is 9.92. The third-order valence-electron chi connectivity index (χ3n) is 4.72. The SMILES string of the molecule is O=C(O)CC(c1ccc(F)cc1)c1ccnc(Oc2ccc(Cn3ccnc3)cc2)n1. The molecule has 0 saturated carbocycles. The first-order chi connectivity index (χ1) is 15.1. The van der Waals surface area contributed by atoms with Crippen LogP contribution in [0.5, 0.6) is 11.8 Å². The minimum Gasteiger partial charge on any atom is -0.481 e. The van der Waals surface area contributed by atoms with Crippen LogP contribution < -0.4 is 4.74 Å². The van der Waals surface area contributed by atoms with Crippen LogP contribution in [-0.2, 0) is 11.3 Å². The van der Waals surface area contributed by atoms with Crippen molar-refractivity contribution in [2.45, 2.75) is 18.9 Å². The third kappa shape index (κ3) is 5.30. The number of carboxylic acid groups (broad SMARTS) is 1. The molecule has 0 amide bonds. The van der Waals surface area contributed by atoms with Crippen molar-refractivity contribution < 1.29 is 19.0 Å². The van der Waals surface area contributed by atoms with E-state index in [1.165, 1.54) is 18.3 Å². The van der Waals surface area contributed by atoms with Crippen molar-refractivity contribution in [1.29, 1.82) is 0 Å². The van der Waals surface area contributed by atoms with E-state index in [2.05, 4.69) is 15.0 Å². The van der Waals surface area contributed by atoms with Gasteiger partial charge in [-0.3, -0.25) is 4.79 Å². The summed E-state index contributed by atoms with van der Waals surface area (Å²) in [5.74, 6) is -1.37. The molecule has 0 saturated heterocycles. The Morgan fingerprint density at radius 1 is 1.06 bits per heavy atom. The Hall–Kier alpha value is -4.07. The molecule has 1 N–H and O–H groups in total. The van der Waals surface area contributed by atoms with Crippen molar-refractivity contribution in [3.05, 3.63) is 102 Å². The van der Waals surface area contributed by atoms with Gasteiger partial charge in [0.2, 0.25) is 0 Å². The van der Waals surface area contributed by atoms with E-state index in [4.69, 9.17) is 4.74 Å². The fraction of sp³-hybridized carbons (Fsp3) is 0.130. The van der Waals surface area contributed by atoms with E-state index in [0.29, 0.717) is 23.6 Å². The molecule has 156 valence electrons. The van der Waals surface area contributed by atoms with Gasteiger partial charge in [0.05, 0.1) is 18.4 Å². The second-order valence-electron chi connectivity index (χ2n) is 6.95. The highest BCUT2D eigenvalue weighted by Gasteiger charge is 2.20. The zero-order valence-electron chi connectivity index (χ0n) is 16.4. The van der Waals surface area contributed by atoms with Crippen molar-refractivity contribution in [1.82, 2.24) is 19.5 Å². The Bertz CT molecular complexity index is 1150. The lowest BCUT2D eigenvalue weighted by Gasteiger charge is -2.15. The molecule has 0 fully saturated rings. The van der Waals surface area contributed by atoms with Crippen LogP contribution in [0.25, 0.3) is 0 Å². The molecular weight excluding hydrogens is 399 g/mol. The fourth-order valence-corrected chi connectivity index (χ4v) is 3.22. The minimum absolute atomic E-state index is 0.109. The number of benzene rings is 2. The summed E-state index contributed by atoms with van der Waals surface area (Å²) in [7, 11) is 0. The van der Waals surface area contributed by atoms with Gasteiger partial charge in [0, 0.05) is 31.1 Å². The zero-order chi connectivity index (χ0) is 21.6. The van der Waals surface area contributed by atoms with Crippen LogP contribution in [-0.4, -0.2) is 30.6 Å². The quantitative estimate of drug-likeness (QED) is 0.460. The van der Waals surface area contributed by atoms with Gasteiger partial charge in [-0.1, -0.05) is 24.3 Å². The first kappa shape index (κ1) is 20.2. The molecular formula is C23H19FN4O3. The van der Waals surface area contributed by atoms with Gasteiger partial charge in [-0.15, -0.1) is 0 Å². The monoisotopic (exact) mass is 418 g/mol. The van der Waals surface area contributed by atoms with E-state index < -0.39 is 11.9 Å². The van der Waals surface area contributed by atoms with Crippen molar-refractivity contribution in [3.8, 4) is 11.8 Å². The topological polar surface area (TPSA) is 90.1 Å². The predicted molar refractivity (Wildman–Crippen MR) is 110 cm³/mol. The maximum Gasteiger partial charge on any atom is 0.322 e. The fourth-order valence-electron chi connectivity index (χ4n) is 3.22. The molecule has 0 aliphatic carbocycles. The Balaban J connectivity index is 1.52. The van der Waals surface area contributed by atoms with Crippen molar-refractivity contribution >= 4 is 5.97 Å². The Kier molecular flexibility index (Phi) is 5.98. The average Bonchev–Trinajstić information content (AvgIpc) is 3.27. The van der Waals surface area contributed by atoms with Crippen LogP contribution >= 0.6 is 0 Å². The maximum atomic E-state index is 13.3. The summed E-state index contributed by atoms with van der Waals surface area (Å²) in [5, 5.41) is 9.33. The Morgan fingerprint density at radius 3 is 2.52 bits per heavy atom. The number of hydrogen-bond donors (Lipinski definition) is 1. The second-order valence-corrected chi connectivity index (χ2v) is 6.95. The number of nitrogens with zero attached hydrogens (tertiary/aromatic N) is 4. The zero-order valence-corrected chi connectivity index (χ0v) is 16.4. The highest BCUT2D eigenvalue weighted by molar-refractivity contribution is 5.68. The Labute approximate surface area is 177 Å². The van der Waals surface area contributed by atoms with Gasteiger partial charge >= 0.3 is 12.0 Å². The van der Waals surface area contributed by atoms with E-state index in [1.54, 1.807) is 30.7 Å². The van der Waals surface area contributed by atoms with Crippen LogP contribution in [0.3, 0.4) is 0 Å². The van der Waals surface area contributed by atoms with E-state index in [-0.39, 0.29) is 18.2 Å². The highest BCUT2D eigenvalue weighted by Crippen LogP contribution is 2.28. The molecule has 2 heterocycles. The largest absolute Gasteiger partial charge is 0.481 e. The molecule has 1 atom stereocenters. The summed E-state index contributed by atoms with van der Waals surface area (Å²) in [6, 6.07) is 15.0. The minimum atomic E-state index is -0.983. The molecule has 0 bridgehead atoms. The average molecular weight is 418 g/mol. The lowest BCUT2D eigenvalue weighted by Crippen LogP contribution is -2.10. The Morgan fingerprint density at radius 2 is 1.84 bits per heavy atom. The van der Waals surface area contributed by atoms with Gasteiger partial charge < -0.3 is 14.4 Å². The smallest absolute Gasteiger partial charge is 0.322 e. The first-order valence-corrected chi connectivity index (χ1v) is 9.59. The standard InChI is InChI=1S/C23H19FN4O3/c24-18-5-3-17(4-6-18)20(13-22(29)30)21-9-10-26-23(27-21)31-19-7-1-16(2-8-19)14-28-12-11-25-15-28/h1-12,15,20H,13-14H2,(H,29,30). The van der Waals surface area contributed by atoms with E-state index >= 15 is 0 Å². The molecule has 0 radical (unpaired) electrons. The normalized spacial score (nSPS) is 11.8. The molecule has 0 spiro atoms. The number of ether oxygens (including phenoxy) is 1. The molecule has 4 aromatic rings. The van der Waals surface area contributed by atoms with Crippen LogP contribution in [0.15, 0.2) is 79.5 Å². The summed E-state index contributed by atoms with van der Waals surface area (Å²) >= 11 is 0. The number of carbonyl (C=O) groups is 1. The molecule has 31 heavy (non-hydrogen) atoms. The molecule has 4 rings (SSSR count). The molecule has 7 nitrogen and oxygen atoms in total. The summed E-state index contributed by atoms with van der Waals surface area (Å²) in [4.78, 5) is 23.9. The molecule has 0 aliphatic heterocycles. The van der Waals surface area contributed by atoms with Crippen LogP contribution in [0.4, 0.5) is 4.39 Å². The van der Waals surface area contributed by atoms with E-state index in [1.807, 2.05) is 35.0 Å². The van der Waals surface area contributed by atoms with Crippen LogP contribution in [0.2, 0.25) is 0 Å². The number of aliphatic carboxylic acids is 1. The van der Waals surface area contributed by atoms with Crippen molar-refractivity contribution in [2.24, 2.45) is 0 Å². The summed E-state index contributed by atoms with van der Waals surface area (Å²) in [6.45, 7) is 0.695. The van der Waals surface area contributed by atoms with Gasteiger partial charge in [0.25, 0.3) is 0 Å². The molecule has 8 heteroatoms. The number of imidazole rings is 1. The van der Waals surface area contributed by atoms with Gasteiger partial charge in [-0.05, 0) is 41.5 Å². The lowest BCUT2D eigenvalue weighted by molar-refractivity contribution is -0.137. The molecule has 1 unspecified atom stereocenters. The van der Waals surface area contributed by atoms with Gasteiger partial charge in [0.1, 0.15) is 11.6 Å². The summed E-state index contributed by atoms with van der Waals surface area (Å²) in [5.41, 5.74) is 2.21. The van der Waals surface area contributed by atoms with E-state index in [9.17, 15) is 14.3 Å². The summed E-state index contributed by atoms with van der Waals surface area (Å²) in [6.07, 6.45) is 6.69. The number of hydrogen-bond acceptors (Lipinski definition) is 5. The maximum absolute atomic E-state index is 13.3. The molecule has 2 aromatic carbocycles. The first-order valence-electron chi connectivity index (χ1n) is 9.59. The van der Waals surface area contributed by atoms with Crippen LogP contribution in [0.1, 0.15) is 29.2 Å². The number of aromatic nitrogens is 4.